The number of aliphatic hydroxyl groups excluding tert-OH is 3. The van der Waals surface area contributed by atoms with Crippen LogP contribution in [0.3, 0.4) is 0 Å². The summed E-state index contributed by atoms with van der Waals surface area (Å²) < 4.78 is 29.3. The van der Waals surface area contributed by atoms with E-state index < -0.39 is 47.9 Å². The van der Waals surface area contributed by atoms with E-state index >= 15 is 0 Å². The summed E-state index contributed by atoms with van der Waals surface area (Å²) in [5.41, 5.74) is -1.60. The number of carboxylic acids is 1. The number of carbonyl (C=O) groups is 2. The molecule has 0 fully saturated rings. The van der Waals surface area contributed by atoms with Crippen molar-refractivity contribution in [2.24, 2.45) is 10.8 Å². The predicted octanol–water partition coefficient (Wildman–Crippen LogP) is 4.43. The van der Waals surface area contributed by atoms with Crippen molar-refractivity contribution in [3.8, 4) is 0 Å². The zero-order valence-electron chi connectivity index (χ0n) is 27.7. The molecule has 0 radical (unpaired) electrons. The van der Waals surface area contributed by atoms with E-state index in [0.29, 0.717) is 25.7 Å². The van der Waals surface area contributed by atoms with Crippen LogP contribution in [0.4, 0.5) is 0 Å². The van der Waals surface area contributed by atoms with Crippen molar-refractivity contribution in [3.05, 3.63) is 0 Å². The van der Waals surface area contributed by atoms with Crippen LogP contribution in [0, 0.1) is 10.8 Å². The largest absolute Gasteiger partial charge is 0.481 e. The van der Waals surface area contributed by atoms with E-state index in [9.17, 15) is 24.9 Å². The van der Waals surface area contributed by atoms with E-state index in [1.807, 2.05) is 34.6 Å². The first kappa shape index (κ1) is 40.7. The summed E-state index contributed by atoms with van der Waals surface area (Å²) in [7, 11) is 0. The van der Waals surface area contributed by atoms with Crippen LogP contribution in [0.25, 0.3) is 0 Å². The van der Waals surface area contributed by atoms with Crippen LogP contribution in [-0.4, -0.2) is 94.8 Å². The van der Waals surface area contributed by atoms with Gasteiger partial charge in [0.25, 0.3) is 0 Å². The Bertz CT molecular complexity index is 768. The maximum absolute atomic E-state index is 12.1. The third kappa shape index (κ3) is 21.4. The Morgan fingerprint density at radius 1 is 0.690 bits per heavy atom. The van der Waals surface area contributed by atoms with Gasteiger partial charge in [0.1, 0.15) is 6.61 Å². The molecule has 0 saturated carbocycles. The number of ether oxygens (including phenoxy) is 5. The molecule has 11 heteroatoms. The molecule has 0 aromatic rings. The van der Waals surface area contributed by atoms with Crippen LogP contribution in [0.1, 0.15) is 114 Å². The van der Waals surface area contributed by atoms with Crippen molar-refractivity contribution in [3.63, 3.8) is 0 Å². The van der Waals surface area contributed by atoms with Gasteiger partial charge in [0, 0.05) is 12.8 Å². The summed E-state index contributed by atoms with van der Waals surface area (Å²) in [5.74, 6) is -1.52. The third-order valence-electron chi connectivity index (χ3n) is 6.36. The second-order valence-corrected chi connectivity index (χ2v) is 14.6. The number of esters is 1. The van der Waals surface area contributed by atoms with Crippen LogP contribution in [-0.2, 0) is 33.3 Å². The summed E-state index contributed by atoms with van der Waals surface area (Å²) in [5, 5.41) is 38.5. The number of hydrogen-bond donors (Lipinski definition) is 4. The Kier molecular flexibility index (Phi) is 17.9. The molecular weight excluding hydrogens is 548 g/mol. The minimum absolute atomic E-state index is 0.0255. The SMILES string of the molecule is CC(C)(C)CC(CO)OC(CO)OC(C)(C)CCC(C)(C)CC(CO)OC(COC(=O)CCCC(=O)O)OC(C)(C)C. The number of aliphatic carboxylic acids is 1. The quantitative estimate of drug-likeness (QED) is 0.102. The zero-order valence-corrected chi connectivity index (χ0v) is 27.7. The first-order valence-electron chi connectivity index (χ1n) is 15.0. The molecule has 0 aliphatic rings. The lowest BCUT2D eigenvalue weighted by Gasteiger charge is -2.37. The van der Waals surface area contributed by atoms with Gasteiger partial charge in [-0.15, -0.1) is 0 Å². The minimum Gasteiger partial charge on any atom is -0.481 e. The fourth-order valence-corrected chi connectivity index (χ4v) is 4.42. The van der Waals surface area contributed by atoms with Crippen molar-refractivity contribution in [1.82, 2.24) is 0 Å². The lowest BCUT2D eigenvalue weighted by molar-refractivity contribution is -0.246. The van der Waals surface area contributed by atoms with Crippen molar-refractivity contribution >= 4 is 11.9 Å². The van der Waals surface area contributed by atoms with Gasteiger partial charge < -0.3 is 44.1 Å². The molecular formula is C31H60O11. The molecule has 0 rings (SSSR count). The summed E-state index contributed by atoms with van der Waals surface area (Å²) in [6.45, 7) is 18.7. The Labute approximate surface area is 253 Å². The van der Waals surface area contributed by atoms with Crippen LogP contribution in [0.2, 0.25) is 0 Å². The van der Waals surface area contributed by atoms with Crippen molar-refractivity contribution in [2.45, 2.75) is 150 Å². The monoisotopic (exact) mass is 608 g/mol. The standard InChI is InChI=1S/C31H60O11/c1-28(2,3)16-22(18-32)39-26(20-34)42-31(9,10)15-14-30(7,8)17-23(19-33)40-27(41-29(4,5)6)21-38-25(37)13-11-12-24(35)36/h22-23,26-27,32-34H,11-21H2,1-10H3,(H,35,36). The molecule has 0 spiro atoms. The first-order valence-corrected chi connectivity index (χ1v) is 15.0. The lowest BCUT2D eigenvalue weighted by atomic mass is 9.79. The highest BCUT2D eigenvalue weighted by molar-refractivity contribution is 5.71. The smallest absolute Gasteiger partial charge is 0.305 e. The molecule has 0 aliphatic heterocycles. The lowest BCUT2D eigenvalue weighted by Crippen LogP contribution is -2.40. The molecule has 42 heavy (non-hydrogen) atoms. The summed E-state index contributed by atoms with van der Waals surface area (Å²) in [6.07, 6.45) is -0.400. The maximum Gasteiger partial charge on any atom is 0.305 e. The third-order valence-corrected chi connectivity index (χ3v) is 6.36. The predicted molar refractivity (Wildman–Crippen MR) is 159 cm³/mol. The molecule has 0 aromatic heterocycles. The van der Waals surface area contributed by atoms with Crippen molar-refractivity contribution in [2.75, 3.05) is 26.4 Å². The molecule has 0 aliphatic carbocycles. The number of rotatable bonds is 22. The second kappa shape index (κ2) is 18.5. The summed E-state index contributed by atoms with van der Waals surface area (Å²) >= 11 is 0. The maximum atomic E-state index is 12.1. The molecule has 4 N–H and O–H groups in total. The molecule has 250 valence electrons. The van der Waals surface area contributed by atoms with Crippen molar-refractivity contribution in [1.29, 1.82) is 0 Å². The van der Waals surface area contributed by atoms with Gasteiger partial charge in [0.2, 0.25) is 0 Å². The molecule has 0 amide bonds. The fourth-order valence-electron chi connectivity index (χ4n) is 4.42. The van der Waals surface area contributed by atoms with E-state index in [1.54, 1.807) is 0 Å². The van der Waals surface area contributed by atoms with Crippen LogP contribution < -0.4 is 0 Å². The van der Waals surface area contributed by atoms with E-state index in [1.165, 1.54) is 0 Å². The Morgan fingerprint density at radius 2 is 1.24 bits per heavy atom. The molecule has 0 aromatic carbocycles. The van der Waals surface area contributed by atoms with Gasteiger partial charge in [0.15, 0.2) is 12.6 Å². The average Bonchev–Trinajstić information content (AvgIpc) is 2.82. The highest BCUT2D eigenvalue weighted by Gasteiger charge is 2.33. The van der Waals surface area contributed by atoms with E-state index in [0.717, 1.165) is 0 Å². The van der Waals surface area contributed by atoms with Gasteiger partial charge in [-0.2, -0.15) is 0 Å². The molecule has 0 saturated heterocycles. The van der Waals surface area contributed by atoms with Crippen molar-refractivity contribution < 1.29 is 53.7 Å². The van der Waals surface area contributed by atoms with Gasteiger partial charge in [-0.05, 0) is 77.6 Å². The molecule has 4 atom stereocenters. The first-order chi connectivity index (χ1) is 19.1. The van der Waals surface area contributed by atoms with E-state index in [2.05, 4.69) is 34.6 Å². The van der Waals surface area contributed by atoms with Gasteiger partial charge in [-0.1, -0.05) is 34.6 Å². The Balaban J connectivity index is 5.15. The molecule has 0 heterocycles. The highest BCUT2D eigenvalue weighted by Crippen LogP contribution is 2.34. The van der Waals surface area contributed by atoms with Crippen LogP contribution >= 0.6 is 0 Å². The fraction of sp³-hybridized carbons (Fsp3) is 0.935. The van der Waals surface area contributed by atoms with Crippen LogP contribution in [0.15, 0.2) is 0 Å². The van der Waals surface area contributed by atoms with Gasteiger partial charge in [-0.25, -0.2) is 0 Å². The van der Waals surface area contributed by atoms with Gasteiger partial charge >= 0.3 is 11.9 Å². The number of aliphatic hydroxyl groups is 3. The number of carboxylic acid groups (broad SMARTS) is 1. The van der Waals surface area contributed by atoms with E-state index in [4.69, 9.17) is 28.8 Å². The summed E-state index contributed by atoms with van der Waals surface area (Å²) in [4.78, 5) is 22.7. The topological polar surface area (TPSA) is 161 Å². The minimum atomic E-state index is -0.976. The summed E-state index contributed by atoms with van der Waals surface area (Å²) in [6, 6.07) is 0. The Morgan fingerprint density at radius 3 is 1.71 bits per heavy atom. The molecule has 11 nitrogen and oxygen atoms in total. The van der Waals surface area contributed by atoms with E-state index in [-0.39, 0.29) is 56.5 Å². The normalized spacial score (nSPS) is 16.1. The van der Waals surface area contributed by atoms with Crippen LogP contribution in [0.5, 0.6) is 0 Å². The second-order valence-electron chi connectivity index (χ2n) is 14.6. The highest BCUT2D eigenvalue weighted by atomic mass is 16.7. The molecule has 0 bridgehead atoms. The molecule has 4 unspecified atom stereocenters. The Hall–Kier alpha value is -1.34. The number of hydrogen-bond acceptors (Lipinski definition) is 10. The van der Waals surface area contributed by atoms with Gasteiger partial charge in [-0.3, -0.25) is 9.59 Å². The average molecular weight is 609 g/mol. The zero-order chi connectivity index (χ0) is 32.8. The number of carbonyl (C=O) groups excluding carboxylic acids is 1. The van der Waals surface area contributed by atoms with Gasteiger partial charge in [0.05, 0.1) is 43.2 Å².